The summed E-state index contributed by atoms with van der Waals surface area (Å²) in [5.41, 5.74) is 3.92. The van der Waals surface area contributed by atoms with Crippen LogP contribution in [-0.2, 0) is 5.41 Å². The molecule has 0 saturated heterocycles. The molecule has 0 spiro atoms. The largest absolute Gasteiger partial charge is 0.274 e. The molecule has 0 aliphatic carbocycles. The van der Waals surface area contributed by atoms with Crippen LogP contribution in [0.15, 0.2) is 42.5 Å². The van der Waals surface area contributed by atoms with E-state index < -0.39 is 11.4 Å². The fraction of sp³-hybridized carbons (Fsp3) is 0.364. The molecule has 4 nitrogen and oxygen atoms in total. The minimum atomic E-state index is -0.666. The van der Waals surface area contributed by atoms with E-state index in [0.29, 0.717) is 10.6 Å². The molecule has 6 heteroatoms. The zero-order valence-corrected chi connectivity index (χ0v) is 18.6. The molecule has 0 aliphatic heterocycles. The van der Waals surface area contributed by atoms with Crippen molar-refractivity contribution in [3.05, 3.63) is 69.2 Å². The van der Waals surface area contributed by atoms with Crippen molar-refractivity contribution in [2.24, 2.45) is 0 Å². The molecular weight excluding hydrogens is 395 g/mol. The van der Waals surface area contributed by atoms with Gasteiger partial charge >= 0.3 is 0 Å². The maximum absolute atomic E-state index is 13.1. The van der Waals surface area contributed by atoms with Gasteiger partial charge in [-0.1, -0.05) is 56.1 Å². The lowest BCUT2D eigenvalue weighted by Crippen LogP contribution is -2.55. The summed E-state index contributed by atoms with van der Waals surface area (Å²) in [6.45, 7) is 11.8. The Morgan fingerprint density at radius 1 is 0.893 bits per heavy atom. The molecule has 2 aromatic carbocycles. The van der Waals surface area contributed by atoms with E-state index >= 15 is 0 Å². The Morgan fingerprint density at radius 2 is 1.46 bits per heavy atom. The summed E-state index contributed by atoms with van der Waals surface area (Å²) in [5.74, 6) is -0.775. The number of rotatable bonds is 2. The van der Waals surface area contributed by atoms with E-state index in [9.17, 15) is 9.59 Å². The lowest BCUT2D eigenvalue weighted by atomic mass is 9.87. The van der Waals surface area contributed by atoms with Gasteiger partial charge in [-0.25, -0.2) is 5.01 Å². The van der Waals surface area contributed by atoms with Gasteiger partial charge in [-0.3, -0.25) is 15.0 Å². The molecule has 0 radical (unpaired) electrons. The van der Waals surface area contributed by atoms with Crippen LogP contribution in [0, 0.1) is 0 Å². The molecule has 0 atom stereocenters. The van der Waals surface area contributed by atoms with Gasteiger partial charge < -0.3 is 0 Å². The zero-order chi connectivity index (χ0) is 21.3. The van der Waals surface area contributed by atoms with E-state index in [2.05, 4.69) is 26.2 Å². The van der Waals surface area contributed by atoms with Crippen molar-refractivity contribution in [2.45, 2.75) is 52.5 Å². The number of nitrogens with zero attached hydrogens (tertiary/aromatic N) is 1. The van der Waals surface area contributed by atoms with Crippen LogP contribution >= 0.6 is 23.2 Å². The van der Waals surface area contributed by atoms with Gasteiger partial charge in [-0.05, 0) is 62.1 Å². The lowest BCUT2D eigenvalue weighted by molar-refractivity contribution is 0.0359. The number of benzene rings is 2. The van der Waals surface area contributed by atoms with E-state index in [-0.39, 0.29) is 21.9 Å². The van der Waals surface area contributed by atoms with Crippen LogP contribution in [0.5, 0.6) is 0 Å². The highest BCUT2D eigenvalue weighted by atomic mass is 35.5. The fourth-order valence-corrected chi connectivity index (χ4v) is 3.08. The highest BCUT2D eigenvalue weighted by Gasteiger charge is 2.31. The van der Waals surface area contributed by atoms with Crippen LogP contribution < -0.4 is 5.43 Å². The van der Waals surface area contributed by atoms with Crippen molar-refractivity contribution >= 4 is 35.0 Å². The van der Waals surface area contributed by atoms with Crippen molar-refractivity contribution in [3.63, 3.8) is 0 Å². The maximum atomic E-state index is 13.1. The van der Waals surface area contributed by atoms with Crippen LogP contribution in [0.2, 0.25) is 10.0 Å². The summed E-state index contributed by atoms with van der Waals surface area (Å²) in [5, 5.41) is 1.96. The summed E-state index contributed by atoms with van der Waals surface area (Å²) in [6, 6.07) is 12.0. The van der Waals surface area contributed by atoms with E-state index in [1.807, 2.05) is 32.9 Å². The van der Waals surface area contributed by atoms with Crippen LogP contribution in [0.1, 0.15) is 67.8 Å². The van der Waals surface area contributed by atoms with Crippen molar-refractivity contribution < 1.29 is 9.59 Å². The van der Waals surface area contributed by atoms with Crippen molar-refractivity contribution in [3.8, 4) is 0 Å². The standard InChI is InChI=1S/C22H26Cl2N2O2/c1-21(2,3)15-9-7-14(8-10-15)19(27)25-26(22(4,5)6)20(28)17-12-11-16(23)13-18(17)24/h7-13H,1-6H3,(H,25,27). The number of hydrazine groups is 1. The summed E-state index contributed by atoms with van der Waals surface area (Å²) in [7, 11) is 0. The van der Waals surface area contributed by atoms with Crippen molar-refractivity contribution in [1.29, 1.82) is 0 Å². The Hall–Kier alpha value is -2.04. The number of nitrogens with one attached hydrogen (secondary N) is 1. The minimum absolute atomic E-state index is 0.00620. The van der Waals surface area contributed by atoms with Crippen LogP contribution in [0.4, 0.5) is 0 Å². The molecule has 150 valence electrons. The smallest absolute Gasteiger partial charge is 0.267 e. The second-order valence-corrected chi connectivity index (χ2v) is 9.55. The highest BCUT2D eigenvalue weighted by Crippen LogP contribution is 2.25. The zero-order valence-electron chi connectivity index (χ0n) is 17.1. The van der Waals surface area contributed by atoms with Gasteiger partial charge in [-0.15, -0.1) is 0 Å². The van der Waals surface area contributed by atoms with E-state index in [1.54, 1.807) is 24.3 Å². The highest BCUT2D eigenvalue weighted by molar-refractivity contribution is 6.36. The molecule has 0 aliphatic rings. The Balaban J connectivity index is 2.29. The normalized spacial score (nSPS) is 11.9. The number of halogens is 2. The first-order chi connectivity index (χ1) is 12.8. The number of hydrogen-bond acceptors (Lipinski definition) is 2. The van der Waals surface area contributed by atoms with Gasteiger partial charge in [0.1, 0.15) is 0 Å². The monoisotopic (exact) mass is 420 g/mol. The Morgan fingerprint density at radius 3 is 1.93 bits per heavy atom. The first-order valence-corrected chi connectivity index (χ1v) is 9.77. The molecule has 2 rings (SSSR count). The van der Waals surface area contributed by atoms with Crippen LogP contribution in [0.25, 0.3) is 0 Å². The third-order valence-electron chi connectivity index (χ3n) is 4.26. The SMILES string of the molecule is CC(C)(C)c1ccc(C(=O)NN(C(=O)c2ccc(Cl)cc2Cl)C(C)(C)C)cc1. The Kier molecular flexibility index (Phi) is 6.47. The van der Waals surface area contributed by atoms with Gasteiger partial charge in [0.25, 0.3) is 11.8 Å². The quantitative estimate of drug-likeness (QED) is 0.616. The van der Waals surface area contributed by atoms with Gasteiger partial charge in [0, 0.05) is 10.6 Å². The van der Waals surface area contributed by atoms with Crippen molar-refractivity contribution in [1.82, 2.24) is 10.4 Å². The molecule has 1 N–H and O–H groups in total. The Labute approximate surface area is 176 Å². The van der Waals surface area contributed by atoms with E-state index in [1.165, 1.54) is 11.1 Å². The minimum Gasteiger partial charge on any atom is -0.267 e. The van der Waals surface area contributed by atoms with Gasteiger partial charge in [0.05, 0.1) is 16.1 Å². The second kappa shape index (κ2) is 8.14. The summed E-state index contributed by atoms with van der Waals surface area (Å²) < 4.78 is 0. The lowest BCUT2D eigenvalue weighted by Gasteiger charge is -2.35. The average Bonchev–Trinajstić information content (AvgIpc) is 2.57. The fourth-order valence-electron chi connectivity index (χ4n) is 2.59. The van der Waals surface area contributed by atoms with Gasteiger partial charge in [-0.2, -0.15) is 0 Å². The van der Waals surface area contributed by atoms with Crippen LogP contribution in [0.3, 0.4) is 0 Å². The average molecular weight is 421 g/mol. The maximum Gasteiger partial charge on any atom is 0.274 e. The molecule has 0 heterocycles. The summed E-state index contributed by atoms with van der Waals surface area (Å²) in [4.78, 5) is 25.8. The predicted molar refractivity (Wildman–Crippen MR) is 115 cm³/mol. The molecule has 28 heavy (non-hydrogen) atoms. The van der Waals surface area contributed by atoms with E-state index in [4.69, 9.17) is 23.2 Å². The molecule has 0 bridgehead atoms. The third kappa shape index (κ3) is 5.27. The molecule has 2 amide bonds. The van der Waals surface area contributed by atoms with Crippen molar-refractivity contribution in [2.75, 3.05) is 0 Å². The molecule has 0 saturated carbocycles. The van der Waals surface area contributed by atoms with Gasteiger partial charge in [0.15, 0.2) is 0 Å². The summed E-state index contributed by atoms with van der Waals surface area (Å²) in [6.07, 6.45) is 0. The number of hydrogen-bond donors (Lipinski definition) is 1. The predicted octanol–water partition coefficient (Wildman–Crippen LogP) is 5.88. The molecule has 0 fully saturated rings. The molecular formula is C22H26Cl2N2O2. The Bertz CT molecular complexity index is 879. The second-order valence-electron chi connectivity index (χ2n) is 8.70. The topological polar surface area (TPSA) is 49.4 Å². The molecule has 0 aromatic heterocycles. The van der Waals surface area contributed by atoms with Crippen LogP contribution in [-0.4, -0.2) is 22.4 Å². The van der Waals surface area contributed by atoms with E-state index in [0.717, 1.165) is 5.56 Å². The number of carbonyl (C=O) groups excluding carboxylic acids is 2. The third-order valence-corrected chi connectivity index (χ3v) is 4.81. The number of amides is 2. The first-order valence-electron chi connectivity index (χ1n) is 9.02. The number of carbonyl (C=O) groups is 2. The first kappa shape index (κ1) is 22.3. The van der Waals surface area contributed by atoms with Gasteiger partial charge in [0.2, 0.25) is 0 Å². The summed E-state index contributed by atoms with van der Waals surface area (Å²) >= 11 is 12.1. The molecule has 0 unspecified atom stereocenters. The molecule has 2 aromatic rings.